The molecular formula is C12H11N2O2+. The molecule has 80 valence electrons. The Morgan fingerprint density at radius 3 is 2.44 bits per heavy atom. The van der Waals surface area contributed by atoms with Crippen LogP contribution in [0.1, 0.15) is 10.4 Å². The zero-order chi connectivity index (χ0) is 11.4. The van der Waals surface area contributed by atoms with Gasteiger partial charge in [0, 0.05) is 5.56 Å². The smallest absolute Gasteiger partial charge is 0.227 e. The molecule has 0 aliphatic rings. The number of rotatable bonds is 3. The van der Waals surface area contributed by atoms with Crippen LogP contribution in [0.3, 0.4) is 0 Å². The van der Waals surface area contributed by atoms with Crippen molar-refractivity contribution in [2.45, 2.75) is 6.54 Å². The summed E-state index contributed by atoms with van der Waals surface area (Å²) in [6, 6.07) is 6.23. The van der Waals surface area contributed by atoms with Crippen LogP contribution < -0.4 is 4.57 Å². The van der Waals surface area contributed by atoms with Gasteiger partial charge in [0.2, 0.25) is 12.3 Å². The maximum atomic E-state index is 11.8. The lowest BCUT2D eigenvalue weighted by Crippen LogP contribution is -2.37. The normalized spacial score (nSPS) is 10.0. The third-order valence-electron chi connectivity index (χ3n) is 2.20. The van der Waals surface area contributed by atoms with Crippen molar-refractivity contribution >= 4 is 5.78 Å². The first kappa shape index (κ1) is 10.3. The zero-order valence-corrected chi connectivity index (χ0v) is 8.58. The molecule has 0 aliphatic carbocycles. The molecule has 2 aromatic rings. The Hall–Kier alpha value is -2.23. The molecule has 0 aliphatic heterocycles. The second-order valence-electron chi connectivity index (χ2n) is 3.39. The fourth-order valence-electron chi connectivity index (χ4n) is 1.36. The molecule has 1 aromatic heterocycles. The zero-order valence-electron chi connectivity index (χ0n) is 8.58. The van der Waals surface area contributed by atoms with Gasteiger partial charge in [0.05, 0.1) is 12.4 Å². The lowest BCUT2D eigenvalue weighted by atomic mass is 10.1. The molecule has 0 fully saturated rings. The van der Waals surface area contributed by atoms with Gasteiger partial charge in [-0.2, -0.15) is 4.57 Å². The summed E-state index contributed by atoms with van der Waals surface area (Å²) >= 11 is 0. The van der Waals surface area contributed by atoms with Crippen molar-refractivity contribution < 1.29 is 14.5 Å². The highest BCUT2D eigenvalue weighted by atomic mass is 16.3. The molecule has 1 N–H and O–H groups in total. The number of benzene rings is 1. The number of ketones is 1. The van der Waals surface area contributed by atoms with E-state index in [9.17, 15) is 4.79 Å². The van der Waals surface area contributed by atoms with E-state index in [1.165, 1.54) is 12.1 Å². The highest BCUT2D eigenvalue weighted by molar-refractivity contribution is 5.95. The van der Waals surface area contributed by atoms with Gasteiger partial charge in [0.15, 0.2) is 12.4 Å². The molecule has 0 saturated heterocycles. The van der Waals surface area contributed by atoms with E-state index in [-0.39, 0.29) is 18.1 Å². The quantitative estimate of drug-likeness (QED) is 0.612. The maximum Gasteiger partial charge on any atom is 0.227 e. The van der Waals surface area contributed by atoms with Crippen LogP contribution in [0.2, 0.25) is 0 Å². The Morgan fingerprint density at radius 2 is 1.81 bits per heavy atom. The lowest BCUT2D eigenvalue weighted by molar-refractivity contribution is -0.683. The molecule has 2 rings (SSSR count). The van der Waals surface area contributed by atoms with E-state index < -0.39 is 0 Å². The molecule has 0 spiro atoms. The van der Waals surface area contributed by atoms with Crippen molar-refractivity contribution in [2.24, 2.45) is 0 Å². The SMILES string of the molecule is O=C(C[n+]1ccncc1)c1ccc(O)cc1. The topological polar surface area (TPSA) is 54.1 Å². The number of nitrogens with zero attached hydrogens (tertiary/aromatic N) is 2. The van der Waals surface area contributed by atoms with Crippen molar-refractivity contribution in [2.75, 3.05) is 0 Å². The second-order valence-corrected chi connectivity index (χ2v) is 3.39. The molecule has 1 heterocycles. The number of hydrogen-bond donors (Lipinski definition) is 1. The second kappa shape index (κ2) is 4.53. The van der Waals surface area contributed by atoms with Gasteiger partial charge in [-0.1, -0.05) is 0 Å². The standard InChI is InChI=1S/C12H10N2O2/c15-11-3-1-10(2-4-11)12(16)9-14-7-5-13-6-8-14/h1-8H,9H2/p+1. The molecule has 0 radical (unpaired) electrons. The van der Waals surface area contributed by atoms with Crippen LogP contribution in [0.4, 0.5) is 0 Å². The minimum Gasteiger partial charge on any atom is -0.508 e. The third kappa shape index (κ3) is 2.42. The minimum absolute atomic E-state index is 0.00352. The van der Waals surface area contributed by atoms with Gasteiger partial charge in [-0.05, 0) is 24.3 Å². The summed E-state index contributed by atoms with van der Waals surface area (Å²) < 4.78 is 1.75. The first-order valence-electron chi connectivity index (χ1n) is 4.87. The maximum absolute atomic E-state index is 11.8. The van der Waals surface area contributed by atoms with E-state index in [0.29, 0.717) is 5.56 Å². The summed E-state index contributed by atoms with van der Waals surface area (Å²) in [5, 5.41) is 9.10. The molecule has 0 unspecified atom stereocenters. The lowest BCUT2D eigenvalue weighted by Gasteiger charge is -1.98. The fourth-order valence-corrected chi connectivity index (χ4v) is 1.36. The van der Waals surface area contributed by atoms with Crippen molar-refractivity contribution in [3.05, 3.63) is 54.6 Å². The number of carbonyl (C=O) groups excluding carboxylic acids is 1. The van der Waals surface area contributed by atoms with E-state index in [0.717, 1.165) is 0 Å². The highest BCUT2D eigenvalue weighted by Crippen LogP contribution is 2.09. The van der Waals surface area contributed by atoms with Crippen molar-refractivity contribution in [3.63, 3.8) is 0 Å². The molecule has 0 bridgehead atoms. The van der Waals surface area contributed by atoms with Crippen LogP contribution in [0.25, 0.3) is 0 Å². The van der Waals surface area contributed by atoms with Crippen LogP contribution in [0.5, 0.6) is 5.75 Å². The van der Waals surface area contributed by atoms with E-state index in [4.69, 9.17) is 5.11 Å². The van der Waals surface area contributed by atoms with E-state index >= 15 is 0 Å². The fraction of sp³-hybridized carbons (Fsp3) is 0.0833. The van der Waals surface area contributed by atoms with Gasteiger partial charge in [-0.15, -0.1) is 0 Å². The molecule has 16 heavy (non-hydrogen) atoms. The Balaban J connectivity index is 2.12. The summed E-state index contributed by atoms with van der Waals surface area (Å²) in [5.41, 5.74) is 0.585. The summed E-state index contributed by atoms with van der Waals surface area (Å²) in [7, 11) is 0. The third-order valence-corrected chi connectivity index (χ3v) is 2.20. The Labute approximate surface area is 92.8 Å². The Bertz CT molecular complexity index is 480. The minimum atomic E-state index is -0.00352. The highest BCUT2D eigenvalue weighted by Gasteiger charge is 2.11. The van der Waals surface area contributed by atoms with Gasteiger partial charge < -0.3 is 5.11 Å². The number of phenolic OH excluding ortho intramolecular Hbond substituents is 1. The molecular weight excluding hydrogens is 204 g/mol. The summed E-state index contributed by atoms with van der Waals surface area (Å²) in [4.78, 5) is 15.7. The van der Waals surface area contributed by atoms with E-state index in [1.54, 1.807) is 41.5 Å². The average molecular weight is 215 g/mol. The Morgan fingerprint density at radius 1 is 1.19 bits per heavy atom. The van der Waals surface area contributed by atoms with Crippen LogP contribution in [0, 0.1) is 0 Å². The van der Waals surface area contributed by atoms with E-state index in [2.05, 4.69) is 4.98 Å². The molecule has 0 atom stereocenters. The van der Waals surface area contributed by atoms with Crippen LogP contribution in [0.15, 0.2) is 49.1 Å². The van der Waals surface area contributed by atoms with Crippen molar-refractivity contribution in [3.8, 4) is 5.75 Å². The molecule has 1 aromatic carbocycles. The van der Waals surface area contributed by atoms with Crippen molar-refractivity contribution in [1.29, 1.82) is 0 Å². The van der Waals surface area contributed by atoms with Gasteiger partial charge in [-0.3, -0.25) is 9.78 Å². The van der Waals surface area contributed by atoms with Crippen LogP contribution in [-0.4, -0.2) is 15.9 Å². The average Bonchev–Trinajstić information content (AvgIpc) is 2.31. The molecule has 0 amide bonds. The van der Waals surface area contributed by atoms with Crippen molar-refractivity contribution in [1.82, 2.24) is 4.98 Å². The predicted octanol–water partition coefficient (Wildman–Crippen LogP) is 0.958. The number of Topliss-reactive ketones (excluding diaryl/α,β-unsaturated/α-hetero) is 1. The number of carbonyl (C=O) groups is 1. The van der Waals surface area contributed by atoms with Gasteiger partial charge >= 0.3 is 0 Å². The van der Waals surface area contributed by atoms with Gasteiger partial charge in [0.25, 0.3) is 0 Å². The first-order valence-corrected chi connectivity index (χ1v) is 4.87. The number of phenols is 1. The summed E-state index contributed by atoms with van der Waals surface area (Å²) in [6.45, 7) is 0.271. The van der Waals surface area contributed by atoms with Crippen LogP contribution in [-0.2, 0) is 6.54 Å². The van der Waals surface area contributed by atoms with Gasteiger partial charge in [-0.25, -0.2) is 0 Å². The Kier molecular flexibility index (Phi) is 2.91. The predicted molar refractivity (Wildman–Crippen MR) is 56.9 cm³/mol. The molecule has 4 nitrogen and oxygen atoms in total. The molecule has 4 heteroatoms. The summed E-state index contributed by atoms with van der Waals surface area (Å²) in [6.07, 6.45) is 6.73. The first-order chi connectivity index (χ1) is 7.75. The molecule has 0 saturated carbocycles. The number of hydrogen-bond acceptors (Lipinski definition) is 3. The summed E-state index contributed by atoms with van der Waals surface area (Å²) in [5.74, 6) is 0.157. The largest absolute Gasteiger partial charge is 0.508 e. The van der Waals surface area contributed by atoms with E-state index in [1.807, 2.05) is 0 Å². The van der Waals surface area contributed by atoms with Crippen LogP contribution >= 0.6 is 0 Å². The monoisotopic (exact) mass is 215 g/mol. The number of aromatic nitrogens is 2. The van der Waals surface area contributed by atoms with Gasteiger partial charge in [0.1, 0.15) is 5.75 Å². The number of aromatic hydroxyl groups is 1.